The van der Waals surface area contributed by atoms with Crippen LogP contribution in [0.2, 0.25) is 0 Å². The van der Waals surface area contributed by atoms with Gasteiger partial charge in [0, 0.05) is 22.9 Å². The van der Waals surface area contributed by atoms with Crippen molar-refractivity contribution >= 4 is 23.1 Å². The van der Waals surface area contributed by atoms with Crippen LogP contribution in [0.3, 0.4) is 0 Å². The maximum absolute atomic E-state index is 13.5. The van der Waals surface area contributed by atoms with Gasteiger partial charge in [-0.25, -0.2) is 4.39 Å². The molecule has 3 heterocycles. The molecule has 0 radical (unpaired) electrons. The molecule has 4 aromatic rings. The first-order valence-electron chi connectivity index (χ1n) is 11.2. The van der Waals surface area contributed by atoms with Crippen LogP contribution in [0, 0.1) is 5.82 Å². The van der Waals surface area contributed by atoms with E-state index in [-0.39, 0.29) is 30.2 Å². The topological polar surface area (TPSA) is 88.7 Å². The summed E-state index contributed by atoms with van der Waals surface area (Å²) in [6.07, 6.45) is 0. The molecular formula is C26H24FN5O3. The SMILES string of the molecule is CC(C)(C)N1Cc2c(n(CC(=O)Nc3ccc(F)cc3)c3cc(-c4ccccc4)nn3c2=O)C1=O. The van der Waals surface area contributed by atoms with Crippen LogP contribution in [0.15, 0.2) is 65.5 Å². The molecule has 8 nitrogen and oxygen atoms in total. The van der Waals surface area contributed by atoms with Crippen molar-refractivity contribution in [2.24, 2.45) is 0 Å². The van der Waals surface area contributed by atoms with E-state index in [4.69, 9.17) is 0 Å². The maximum atomic E-state index is 13.5. The Labute approximate surface area is 200 Å². The third-order valence-corrected chi connectivity index (χ3v) is 6.05. The van der Waals surface area contributed by atoms with Crippen LogP contribution < -0.4 is 10.9 Å². The summed E-state index contributed by atoms with van der Waals surface area (Å²) in [5.41, 5.74) is 1.71. The molecule has 0 saturated carbocycles. The number of benzene rings is 2. The van der Waals surface area contributed by atoms with Crippen LogP contribution in [-0.4, -0.2) is 36.4 Å². The van der Waals surface area contributed by atoms with Gasteiger partial charge in [0.2, 0.25) is 5.91 Å². The fraction of sp³-hybridized carbons (Fsp3) is 0.231. The molecule has 1 aliphatic rings. The van der Waals surface area contributed by atoms with E-state index in [1.165, 1.54) is 28.8 Å². The molecule has 178 valence electrons. The van der Waals surface area contributed by atoms with Gasteiger partial charge in [0.05, 0.1) is 17.8 Å². The molecule has 1 aliphatic heterocycles. The third kappa shape index (κ3) is 3.99. The summed E-state index contributed by atoms with van der Waals surface area (Å²) in [7, 11) is 0. The van der Waals surface area contributed by atoms with E-state index in [1.807, 2.05) is 51.1 Å². The van der Waals surface area contributed by atoms with E-state index in [2.05, 4.69) is 10.4 Å². The zero-order valence-corrected chi connectivity index (χ0v) is 19.6. The highest BCUT2D eigenvalue weighted by Gasteiger charge is 2.40. The van der Waals surface area contributed by atoms with Crippen LogP contribution in [-0.2, 0) is 17.9 Å². The summed E-state index contributed by atoms with van der Waals surface area (Å²) in [5, 5.41) is 7.24. The average molecular weight is 474 g/mol. The number of rotatable bonds is 4. The first-order valence-corrected chi connectivity index (χ1v) is 11.2. The van der Waals surface area contributed by atoms with Gasteiger partial charge >= 0.3 is 0 Å². The lowest BCUT2D eigenvalue weighted by Crippen LogP contribution is -2.41. The Hall–Kier alpha value is -4.27. The van der Waals surface area contributed by atoms with Gasteiger partial charge in [-0.1, -0.05) is 30.3 Å². The van der Waals surface area contributed by atoms with E-state index >= 15 is 0 Å². The summed E-state index contributed by atoms with van der Waals surface area (Å²) in [5.74, 6) is -1.15. The van der Waals surface area contributed by atoms with Gasteiger partial charge in [0.1, 0.15) is 23.7 Å². The highest BCUT2D eigenvalue weighted by molar-refractivity contribution is 5.99. The minimum atomic E-state index is -0.520. The number of fused-ring (bicyclic) bond motifs is 2. The van der Waals surface area contributed by atoms with Crippen molar-refractivity contribution in [3.63, 3.8) is 0 Å². The Balaban J connectivity index is 1.64. The molecule has 0 bridgehead atoms. The van der Waals surface area contributed by atoms with Gasteiger partial charge in [-0.05, 0) is 45.0 Å². The summed E-state index contributed by atoms with van der Waals surface area (Å²) in [4.78, 5) is 41.5. The average Bonchev–Trinajstić information content (AvgIpc) is 3.41. The van der Waals surface area contributed by atoms with Crippen molar-refractivity contribution in [3.8, 4) is 11.3 Å². The quantitative estimate of drug-likeness (QED) is 0.490. The monoisotopic (exact) mass is 473 g/mol. The van der Waals surface area contributed by atoms with Crippen LogP contribution in [0.5, 0.6) is 0 Å². The number of carbonyl (C=O) groups is 2. The number of anilines is 1. The fourth-order valence-corrected chi connectivity index (χ4v) is 4.29. The predicted octanol–water partition coefficient (Wildman–Crippen LogP) is 3.70. The van der Waals surface area contributed by atoms with Crippen molar-refractivity contribution in [2.75, 3.05) is 5.32 Å². The third-order valence-electron chi connectivity index (χ3n) is 6.05. The van der Waals surface area contributed by atoms with Crippen LogP contribution >= 0.6 is 0 Å². The van der Waals surface area contributed by atoms with E-state index < -0.39 is 17.3 Å². The van der Waals surface area contributed by atoms with E-state index in [0.717, 1.165) is 5.56 Å². The van der Waals surface area contributed by atoms with Gasteiger partial charge in [-0.2, -0.15) is 9.61 Å². The molecular weight excluding hydrogens is 449 g/mol. The van der Waals surface area contributed by atoms with Gasteiger partial charge in [-0.15, -0.1) is 0 Å². The highest BCUT2D eigenvalue weighted by atomic mass is 19.1. The predicted molar refractivity (Wildman–Crippen MR) is 130 cm³/mol. The minimum Gasteiger partial charge on any atom is -0.328 e. The van der Waals surface area contributed by atoms with E-state index in [1.54, 1.807) is 15.5 Å². The summed E-state index contributed by atoms with van der Waals surface area (Å²) in [6.45, 7) is 5.59. The zero-order chi connectivity index (χ0) is 24.9. The Morgan fingerprint density at radius 1 is 1.06 bits per heavy atom. The Kier molecular flexibility index (Phi) is 5.27. The lowest BCUT2D eigenvalue weighted by Gasteiger charge is -2.31. The Morgan fingerprint density at radius 2 is 1.74 bits per heavy atom. The molecule has 1 N–H and O–H groups in total. The second kappa shape index (κ2) is 8.19. The lowest BCUT2D eigenvalue weighted by molar-refractivity contribution is -0.116. The second-order valence-electron chi connectivity index (χ2n) is 9.50. The number of hydrogen-bond donors (Lipinski definition) is 1. The molecule has 35 heavy (non-hydrogen) atoms. The molecule has 0 atom stereocenters. The zero-order valence-electron chi connectivity index (χ0n) is 19.6. The van der Waals surface area contributed by atoms with Crippen LogP contribution in [0.1, 0.15) is 36.8 Å². The Bertz CT molecular complexity index is 1520. The first-order chi connectivity index (χ1) is 16.6. The number of hydrogen-bond acceptors (Lipinski definition) is 4. The van der Waals surface area contributed by atoms with Gasteiger partial charge < -0.3 is 14.8 Å². The van der Waals surface area contributed by atoms with E-state index in [0.29, 0.717) is 22.6 Å². The normalized spacial score (nSPS) is 13.4. The van der Waals surface area contributed by atoms with Gasteiger partial charge in [0.25, 0.3) is 11.5 Å². The molecule has 0 fully saturated rings. The molecule has 0 spiro atoms. The number of carbonyl (C=O) groups excluding carboxylic acids is 2. The number of nitrogens with one attached hydrogen (secondary N) is 1. The van der Waals surface area contributed by atoms with Crippen LogP contribution in [0.25, 0.3) is 16.9 Å². The molecule has 2 aromatic carbocycles. The summed E-state index contributed by atoms with van der Waals surface area (Å²) < 4.78 is 16.1. The highest BCUT2D eigenvalue weighted by Crippen LogP contribution is 2.29. The molecule has 5 rings (SSSR count). The lowest BCUT2D eigenvalue weighted by atomic mass is 10.1. The van der Waals surface area contributed by atoms with Crippen molar-refractivity contribution in [2.45, 2.75) is 39.4 Å². The standard InChI is InChI=1S/C26H24FN5O3/c1-26(2,3)31-14-19-23(25(31)35)30(15-21(33)28-18-11-9-17(27)10-12-18)22-13-20(29-32(22)24(19)34)16-7-5-4-6-8-16/h4-13H,14-15H2,1-3H3,(H,28,33). The molecule has 9 heteroatoms. The number of aromatic nitrogens is 3. The molecule has 0 saturated heterocycles. The Morgan fingerprint density at radius 3 is 2.40 bits per heavy atom. The number of amides is 2. The van der Waals surface area contributed by atoms with Crippen molar-refractivity contribution in [3.05, 3.63) is 88.1 Å². The van der Waals surface area contributed by atoms with Gasteiger partial charge in [-0.3, -0.25) is 14.4 Å². The van der Waals surface area contributed by atoms with Crippen molar-refractivity contribution < 1.29 is 14.0 Å². The van der Waals surface area contributed by atoms with Crippen molar-refractivity contribution in [1.29, 1.82) is 0 Å². The van der Waals surface area contributed by atoms with Crippen LogP contribution in [0.4, 0.5) is 10.1 Å². The second-order valence-corrected chi connectivity index (χ2v) is 9.50. The van der Waals surface area contributed by atoms with Gasteiger partial charge in [0.15, 0.2) is 0 Å². The minimum absolute atomic E-state index is 0.131. The maximum Gasteiger partial charge on any atom is 0.280 e. The summed E-state index contributed by atoms with van der Waals surface area (Å²) in [6, 6.07) is 16.5. The summed E-state index contributed by atoms with van der Waals surface area (Å²) >= 11 is 0. The molecule has 0 unspecified atom stereocenters. The first kappa shape index (κ1) is 22.5. The molecule has 0 aliphatic carbocycles. The van der Waals surface area contributed by atoms with E-state index in [9.17, 15) is 18.8 Å². The number of halogens is 1. The molecule has 2 aromatic heterocycles. The fourth-order valence-electron chi connectivity index (χ4n) is 4.29. The molecule has 2 amide bonds. The largest absolute Gasteiger partial charge is 0.328 e. The number of nitrogens with zero attached hydrogens (tertiary/aromatic N) is 4. The smallest absolute Gasteiger partial charge is 0.280 e. The van der Waals surface area contributed by atoms with Crippen molar-refractivity contribution in [1.82, 2.24) is 19.1 Å².